The van der Waals surface area contributed by atoms with E-state index in [0.717, 1.165) is 5.56 Å². The monoisotopic (exact) mass is 166 g/mol. The number of nitrogens with two attached hydrogens (primary N) is 2. The van der Waals surface area contributed by atoms with Crippen molar-refractivity contribution >= 4 is 11.8 Å². The molecule has 0 aliphatic heterocycles. The van der Waals surface area contributed by atoms with E-state index >= 15 is 0 Å². The first-order valence-electron chi connectivity index (χ1n) is 3.65. The summed E-state index contributed by atoms with van der Waals surface area (Å²) in [6.45, 7) is 0.470. The molecule has 12 heavy (non-hydrogen) atoms. The van der Waals surface area contributed by atoms with E-state index in [0.29, 0.717) is 6.54 Å². The molecular formula is C9H11FN2. The topological polar surface area (TPSA) is 52.0 Å². The van der Waals surface area contributed by atoms with Gasteiger partial charge in [-0.15, -0.1) is 0 Å². The van der Waals surface area contributed by atoms with Crippen molar-refractivity contribution < 1.29 is 4.39 Å². The largest absolute Gasteiger partial charge is 0.396 e. The molecule has 0 amide bonds. The van der Waals surface area contributed by atoms with Gasteiger partial charge in [0.05, 0.1) is 5.69 Å². The van der Waals surface area contributed by atoms with Crippen molar-refractivity contribution in [1.82, 2.24) is 0 Å². The Balaban J connectivity index is 2.89. The average Bonchev–Trinajstić information content (AvgIpc) is 2.07. The van der Waals surface area contributed by atoms with E-state index in [-0.39, 0.29) is 11.5 Å². The van der Waals surface area contributed by atoms with Gasteiger partial charge in [-0.25, -0.2) is 4.39 Å². The van der Waals surface area contributed by atoms with Crippen molar-refractivity contribution in [2.45, 2.75) is 0 Å². The van der Waals surface area contributed by atoms with Crippen molar-refractivity contribution in [3.05, 3.63) is 35.7 Å². The minimum Gasteiger partial charge on any atom is -0.396 e. The number of hydrogen-bond donors (Lipinski definition) is 2. The van der Waals surface area contributed by atoms with Crippen LogP contribution < -0.4 is 11.5 Å². The maximum Gasteiger partial charge on any atom is 0.146 e. The second-order valence-electron chi connectivity index (χ2n) is 2.42. The molecule has 3 heteroatoms. The standard InChI is InChI=1S/C9H11FN2/c10-8-4-3-7(2-1-5-11)6-9(8)12/h1-4,6H,5,11-12H2. The van der Waals surface area contributed by atoms with Crippen LogP contribution >= 0.6 is 0 Å². The van der Waals surface area contributed by atoms with E-state index in [1.165, 1.54) is 6.07 Å². The lowest BCUT2D eigenvalue weighted by molar-refractivity contribution is 0.632. The zero-order valence-electron chi connectivity index (χ0n) is 6.63. The fourth-order valence-corrected chi connectivity index (χ4v) is 0.870. The Labute approximate surface area is 70.7 Å². The van der Waals surface area contributed by atoms with Crippen LogP contribution in [-0.4, -0.2) is 6.54 Å². The van der Waals surface area contributed by atoms with Gasteiger partial charge in [0.2, 0.25) is 0 Å². The molecule has 4 N–H and O–H groups in total. The van der Waals surface area contributed by atoms with Gasteiger partial charge in [0.15, 0.2) is 0 Å². The molecule has 0 atom stereocenters. The van der Waals surface area contributed by atoms with Crippen molar-refractivity contribution in [3.63, 3.8) is 0 Å². The zero-order chi connectivity index (χ0) is 8.97. The molecule has 0 saturated heterocycles. The number of anilines is 1. The first-order valence-corrected chi connectivity index (χ1v) is 3.65. The lowest BCUT2D eigenvalue weighted by Crippen LogP contribution is -1.93. The van der Waals surface area contributed by atoms with E-state index in [2.05, 4.69) is 0 Å². The minimum absolute atomic E-state index is 0.161. The van der Waals surface area contributed by atoms with E-state index in [1.807, 2.05) is 0 Å². The summed E-state index contributed by atoms with van der Waals surface area (Å²) in [4.78, 5) is 0. The van der Waals surface area contributed by atoms with Crippen molar-refractivity contribution in [3.8, 4) is 0 Å². The number of halogens is 1. The fourth-order valence-electron chi connectivity index (χ4n) is 0.870. The van der Waals surface area contributed by atoms with Crippen LogP contribution in [0.4, 0.5) is 10.1 Å². The average molecular weight is 166 g/mol. The Kier molecular flexibility index (Phi) is 2.82. The summed E-state index contributed by atoms with van der Waals surface area (Å²) in [5.41, 5.74) is 11.6. The highest BCUT2D eigenvalue weighted by atomic mass is 19.1. The van der Waals surface area contributed by atoms with Gasteiger partial charge >= 0.3 is 0 Å². The number of benzene rings is 1. The SMILES string of the molecule is NCC=Cc1ccc(F)c(N)c1. The minimum atomic E-state index is -0.389. The molecule has 0 saturated carbocycles. The van der Waals surface area contributed by atoms with Crippen LogP contribution in [0.15, 0.2) is 24.3 Å². The van der Waals surface area contributed by atoms with Gasteiger partial charge in [-0.2, -0.15) is 0 Å². The van der Waals surface area contributed by atoms with Gasteiger partial charge in [-0.3, -0.25) is 0 Å². The maximum atomic E-state index is 12.6. The molecule has 0 aromatic heterocycles. The second kappa shape index (κ2) is 3.88. The third-order valence-electron chi connectivity index (χ3n) is 1.47. The molecule has 0 heterocycles. The van der Waals surface area contributed by atoms with Crippen LogP contribution in [0.5, 0.6) is 0 Å². The molecule has 64 valence electrons. The predicted molar refractivity (Wildman–Crippen MR) is 48.9 cm³/mol. The van der Waals surface area contributed by atoms with E-state index in [1.54, 1.807) is 24.3 Å². The van der Waals surface area contributed by atoms with Crippen molar-refractivity contribution in [2.75, 3.05) is 12.3 Å². The van der Waals surface area contributed by atoms with Gasteiger partial charge in [-0.05, 0) is 17.7 Å². The Morgan fingerprint density at radius 1 is 1.42 bits per heavy atom. The summed E-state index contributed by atoms with van der Waals surface area (Å²) in [6.07, 6.45) is 3.59. The molecule has 0 aliphatic rings. The van der Waals surface area contributed by atoms with E-state index in [4.69, 9.17) is 11.5 Å². The van der Waals surface area contributed by atoms with Crippen LogP contribution in [0.25, 0.3) is 6.08 Å². The van der Waals surface area contributed by atoms with Crippen LogP contribution in [-0.2, 0) is 0 Å². The quantitative estimate of drug-likeness (QED) is 0.652. The Hall–Kier alpha value is -1.35. The van der Waals surface area contributed by atoms with Gasteiger partial charge in [0.1, 0.15) is 5.82 Å². The van der Waals surface area contributed by atoms with Crippen LogP contribution in [0.1, 0.15) is 5.56 Å². The maximum absolute atomic E-state index is 12.6. The molecular weight excluding hydrogens is 155 g/mol. The van der Waals surface area contributed by atoms with Crippen LogP contribution in [0, 0.1) is 5.82 Å². The third kappa shape index (κ3) is 2.07. The molecule has 1 aromatic carbocycles. The molecule has 0 aliphatic carbocycles. The first kappa shape index (κ1) is 8.74. The first-order chi connectivity index (χ1) is 5.74. The van der Waals surface area contributed by atoms with Crippen LogP contribution in [0.2, 0.25) is 0 Å². The zero-order valence-corrected chi connectivity index (χ0v) is 6.63. The highest BCUT2D eigenvalue weighted by Crippen LogP contribution is 2.12. The Bertz CT molecular complexity index is 295. The van der Waals surface area contributed by atoms with Crippen molar-refractivity contribution in [1.29, 1.82) is 0 Å². The van der Waals surface area contributed by atoms with E-state index < -0.39 is 0 Å². The number of rotatable bonds is 2. The molecule has 0 radical (unpaired) electrons. The van der Waals surface area contributed by atoms with E-state index in [9.17, 15) is 4.39 Å². The molecule has 1 aromatic rings. The summed E-state index contributed by atoms with van der Waals surface area (Å²) in [5.74, 6) is -0.389. The molecule has 0 spiro atoms. The van der Waals surface area contributed by atoms with Gasteiger partial charge in [0, 0.05) is 6.54 Å². The molecule has 0 unspecified atom stereocenters. The molecule has 0 bridgehead atoms. The fraction of sp³-hybridized carbons (Fsp3) is 0.111. The van der Waals surface area contributed by atoms with Gasteiger partial charge < -0.3 is 11.5 Å². The molecule has 2 nitrogen and oxygen atoms in total. The van der Waals surface area contributed by atoms with Gasteiger partial charge in [0.25, 0.3) is 0 Å². The predicted octanol–water partition coefficient (Wildman–Crippen LogP) is 1.38. The summed E-state index contributed by atoms with van der Waals surface area (Å²) in [6, 6.07) is 4.56. The molecule has 0 fully saturated rings. The summed E-state index contributed by atoms with van der Waals surface area (Å²) < 4.78 is 12.6. The van der Waals surface area contributed by atoms with Crippen LogP contribution in [0.3, 0.4) is 0 Å². The summed E-state index contributed by atoms with van der Waals surface area (Å²) in [5, 5.41) is 0. The molecule has 1 rings (SSSR count). The second-order valence-corrected chi connectivity index (χ2v) is 2.42. The third-order valence-corrected chi connectivity index (χ3v) is 1.47. The number of nitrogen functional groups attached to an aromatic ring is 1. The lowest BCUT2D eigenvalue weighted by Gasteiger charge is -1.97. The Morgan fingerprint density at radius 3 is 2.75 bits per heavy atom. The summed E-state index contributed by atoms with van der Waals surface area (Å²) >= 11 is 0. The summed E-state index contributed by atoms with van der Waals surface area (Å²) in [7, 11) is 0. The normalized spacial score (nSPS) is 10.8. The van der Waals surface area contributed by atoms with Crippen molar-refractivity contribution in [2.24, 2.45) is 5.73 Å². The highest BCUT2D eigenvalue weighted by Gasteiger charge is 1.95. The smallest absolute Gasteiger partial charge is 0.146 e. The number of hydrogen-bond acceptors (Lipinski definition) is 2. The van der Waals surface area contributed by atoms with Gasteiger partial charge in [-0.1, -0.05) is 18.2 Å². The lowest BCUT2D eigenvalue weighted by atomic mass is 10.2. The highest BCUT2D eigenvalue weighted by molar-refractivity contribution is 5.56. The Morgan fingerprint density at radius 2 is 2.17 bits per heavy atom.